The molecule has 1 aliphatic rings. The van der Waals surface area contributed by atoms with Crippen molar-refractivity contribution in [2.45, 2.75) is 13.2 Å². The molecule has 1 aliphatic heterocycles. The minimum atomic E-state index is -0.0735. The molecule has 0 bridgehead atoms. The summed E-state index contributed by atoms with van der Waals surface area (Å²) in [7, 11) is 0. The van der Waals surface area contributed by atoms with Crippen LogP contribution in [0.2, 0.25) is 0 Å². The molecule has 7 heteroatoms. The van der Waals surface area contributed by atoms with Gasteiger partial charge in [-0.1, -0.05) is 40.2 Å². The largest absolute Gasteiger partial charge is 0.489 e. The standard InChI is InChI=1S/C24H25BrN4O2/c25-21-6-1-5-20(14-21)18-31-23-8-2-4-19(15-23)17-28-10-12-29(13-11-28)24(30)27-22-7-3-9-26-16-22/h1-9,14-16H,10-13,17-18H2,(H,27,30). The smallest absolute Gasteiger partial charge is 0.321 e. The van der Waals surface area contributed by atoms with Crippen LogP contribution in [0.25, 0.3) is 0 Å². The second-order valence-corrected chi connectivity index (χ2v) is 8.42. The van der Waals surface area contributed by atoms with Gasteiger partial charge in [-0.3, -0.25) is 9.88 Å². The van der Waals surface area contributed by atoms with Crippen molar-refractivity contribution < 1.29 is 9.53 Å². The van der Waals surface area contributed by atoms with Crippen LogP contribution in [0, 0.1) is 0 Å². The lowest BCUT2D eigenvalue weighted by atomic mass is 10.2. The number of nitrogens with one attached hydrogen (secondary N) is 1. The number of anilines is 1. The zero-order chi connectivity index (χ0) is 21.5. The molecule has 160 valence electrons. The highest BCUT2D eigenvalue weighted by atomic mass is 79.9. The van der Waals surface area contributed by atoms with Crippen LogP contribution in [0.1, 0.15) is 11.1 Å². The number of piperazine rings is 1. The molecule has 31 heavy (non-hydrogen) atoms. The van der Waals surface area contributed by atoms with Gasteiger partial charge in [-0.05, 0) is 47.5 Å². The molecule has 2 amide bonds. The van der Waals surface area contributed by atoms with Gasteiger partial charge in [0.2, 0.25) is 0 Å². The molecule has 0 aliphatic carbocycles. The summed E-state index contributed by atoms with van der Waals surface area (Å²) in [4.78, 5) is 20.7. The summed E-state index contributed by atoms with van der Waals surface area (Å²) in [6, 6.07) is 19.9. The lowest BCUT2D eigenvalue weighted by Crippen LogP contribution is -2.49. The first-order valence-electron chi connectivity index (χ1n) is 10.3. The van der Waals surface area contributed by atoms with E-state index < -0.39 is 0 Å². The van der Waals surface area contributed by atoms with Crippen molar-refractivity contribution in [1.82, 2.24) is 14.8 Å². The maximum absolute atomic E-state index is 12.4. The Hall–Kier alpha value is -2.90. The van der Waals surface area contributed by atoms with Gasteiger partial charge in [-0.15, -0.1) is 0 Å². The lowest BCUT2D eigenvalue weighted by molar-refractivity contribution is 0.143. The predicted molar refractivity (Wildman–Crippen MR) is 125 cm³/mol. The average molecular weight is 481 g/mol. The second kappa shape index (κ2) is 10.4. The molecule has 3 aromatic rings. The van der Waals surface area contributed by atoms with E-state index in [9.17, 15) is 4.79 Å². The summed E-state index contributed by atoms with van der Waals surface area (Å²) < 4.78 is 7.03. The van der Waals surface area contributed by atoms with Crippen molar-refractivity contribution in [3.05, 3.63) is 88.7 Å². The van der Waals surface area contributed by atoms with Crippen molar-refractivity contribution in [2.24, 2.45) is 0 Å². The second-order valence-electron chi connectivity index (χ2n) is 7.50. The van der Waals surface area contributed by atoms with Gasteiger partial charge in [-0.2, -0.15) is 0 Å². The summed E-state index contributed by atoms with van der Waals surface area (Å²) >= 11 is 3.49. The van der Waals surface area contributed by atoms with E-state index in [2.05, 4.69) is 55.4 Å². The lowest BCUT2D eigenvalue weighted by Gasteiger charge is -2.34. The SMILES string of the molecule is O=C(Nc1cccnc1)N1CCN(Cc2cccc(OCc3cccc(Br)c3)c2)CC1. The number of benzene rings is 2. The number of hydrogen-bond acceptors (Lipinski definition) is 4. The monoisotopic (exact) mass is 480 g/mol. The van der Waals surface area contributed by atoms with Gasteiger partial charge in [0.1, 0.15) is 12.4 Å². The molecular formula is C24H25BrN4O2. The Balaban J connectivity index is 1.25. The van der Waals surface area contributed by atoms with E-state index in [0.717, 1.165) is 41.1 Å². The van der Waals surface area contributed by atoms with Crippen LogP contribution < -0.4 is 10.1 Å². The van der Waals surface area contributed by atoms with Crippen LogP contribution in [-0.4, -0.2) is 47.0 Å². The summed E-state index contributed by atoms with van der Waals surface area (Å²) in [5.74, 6) is 0.868. The number of urea groups is 1. The molecule has 6 nitrogen and oxygen atoms in total. The van der Waals surface area contributed by atoms with E-state index in [1.807, 2.05) is 41.3 Å². The van der Waals surface area contributed by atoms with Gasteiger partial charge in [0.15, 0.2) is 0 Å². The van der Waals surface area contributed by atoms with Crippen LogP contribution in [0.5, 0.6) is 5.75 Å². The average Bonchev–Trinajstić information content (AvgIpc) is 2.79. The van der Waals surface area contributed by atoms with Gasteiger partial charge in [0, 0.05) is 43.4 Å². The van der Waals surface area contributed by atoms with E-state index in [-0.39, 0.29) is 6.03 Å². The third-order valence-corrected chi connectivity index (χ3v) is 5.66. The molecule has 0 atom stereocenters. The number of aromatic nitrogens is 1. The third kappa shape index (κ3) is 6.29. The Kier molecular flexibility index (Phi) is 7.17. The van der Waals surface area contributed by atoms with E-state index in [1.54, 1.807) is 12.4 Å². The number of hydrogen-bond donors (Lipinski definition) is 1. The molecule has 2 heterocycles. The number of carbonyl (C=O) groups excluding carboxylic acids is 1. The summed E-state index contributed by atoms with van der Waals surface area (Å²) in [5.41, 5.74) is 3.05. The molecule has 2 aromatic carbocycles. The van der Waals surface area contributed by atoms with Crippen molar-refractivity contribution >= 4 is 27.6 Å². The van der Waals surface area contributed by atoms with Gasteiger partial charge >= 0.3 is 6.03 Å². The first kappa shape index (κ1) is 21.3. The predicted octanol–water partition coefficient (Wildman–Crippen LogP) is 4.77. The molecule has 0 unspecified atom stereocenters. The number of amides is 2. The third-order valence-electron chi connectivity index (χ3n) is 5.17. The highest BCUT2D eigenvalue weighted by Gasteiger charge is 2.21. The summed E-state index contributed by atoms with van der Waals surface area (Å²) in [6.45, 7) is 4.45. The molecule has 0 saturated carbocycles. The molecule has 1 saturated heterocycles. The van der Waals surface area contributed by atoms with Crippen LogP contribution in [0.4, 0.5) is 10.5 Å². The minimum absolute atomic E-state index is 0.0735. The zero-order valence-corrected chi connectivity index (χ0v) is 18.8. The van der Waals surface area contributed by atoms with Gasteiger partial charge in [0.25, 0.3) is 0 Å². The number of nitrogens with zero attached hydrogens (tertiary/aromatic N) is 3. The van der Waals surface area contributed by atoms with Crippen LogP contribution in [0.15, 0.2) is 77.5 Å². The Morgan fingerprint density at radius 2 is 1.81 bits per heavy atom. The highest BCUT2D eigenvalue weighted by molar-refractivity contribution is 9.10. The van der Waals surface area contributed by atoms with Crippen molar-refractivity contribution in [3.63, 3.8) is 0 Å². The molecule has 0 spiro atoms. The Labute approximate surface area is 191 Å². The number of rotatable bonds is 6. The van der Waals surface area contributed by atoms with Gasteiger partial charge < -0.3 is 15.0 Å². The van der Waals surface area contributed by atoms with Crippen molar-refractivity contribution in [3.8, 4) is 5.75 Å². The molecule has 0 radical (unpaired) electrons. The van der Waals surface area contributed by atoms with Crippen LogP contribution in [-0.2, 0) is 13.2 Å². The number of carbonyl (C=O) groups is 1. The number of pyridine rings is 1. The normalized spacial score (nSPS) is 14.3. The molecule has 1 fully saturated rings. The first-order chi connectivity index (χ1) is 15.2. The maximum atomic E-state index is 12.4. The number of ether oxygens (including phenoxy) is 1. The topological polar surface area (TPSA) is 57.7 Å². The molecular weight excluding hydrogens is 456 g/mol. The van der Waals surface area contributed by atoms with E-state index in [1.165, 1.54) is 5.56 Å². The fourth-order valence-electron chi connectivity index (χ4n) is 3.53. The maximum Gasteiger partial charge on any atom is 0.321 e. The fraction of sp³-hybridized carbons (Fsp3) is 0.250. The van der Waals surface area contributed by atoms with Gasteiger partial charge in [0.05, 0.1) is 11.9 Å². The summed E-state index contributed by atoms with van der Waals surface area (Å²) in [5, 5.41) is 2.90. The molecule has 1 aromatic heterocycles. The number of halogens is 1. The molecule has 1 N–H and O–H groups in total. The Morgan fingerprint density at radius 3 is 2.58 bits per heavy atom. The first-order valence-corrected chi connectivity index (χ1v) is 11.1. The van der Waals surface area contributed by atoms with E-state index in [0.29, 0.717) is 19.7 Å². The Morgan fingerprint density at radius 1 is 1.00 bits per heavy atom. The van der Waals surface area contributed by atoms with Gasteiger partial charge in [-0.25, -0.2) is 4.79 Å². The van der Waals surface area contributed by atoms with E-state index >= 15 is 0 Å². The quantitative estimate of drug-likeness (QED) is 0.551. The minimum Gasteiger partial charge on any atom is -0.489 e. The Bertz CT molecular complexity index is 1010. The summed E-state index contributed by atoms with van der Waals surface area (Å²) in [6.07, 6.45) is 3.34. The highest BCUT2D eigenvalue weighted by Crippen LogP contribution is 2.19. The zero-order valence-electron chi connectivity index (χ0n) is 17.2. The van der Waals surface area contributed by atoms with Crippen LogP contribution in [0.3, 0.4) is 0 Å². The van der Waals surface area contributed by atoms with Crippen molar-refractivity contribution in [1.29, 1.82) is 0 Å². The van der Waals surface area contributed by atoms with Crippen LogP contribution >= 0.6 is 15.9 Å². The fourth-order valence-corrected chi connectivity index (χ4v) is 3.98. The molecule has 4 rings (SSSR count). The van der Waals surface area contributed by atoms with Crippen molar-refractivity contribution in [2.75, 3.05) is 31.5 Å². The van der Waals surface area contributed by atoms with E-state index in [4.69, 9.17) is 4.74 Å².